The fourth-order valence-electron chi connectivity index (χ4n) is 14.2. The highest BCUT2D eigenvalue weighted by molar-refractivity contribution is 6.11. The number of rotatable bonds is 27. The number of unbranched alkanes of at least 4 members (excludes halogenated alkanes) is 4. The van der Waals surface area contributed by atoms with Gasteiger partial charge in [0.2, 0.25) is 0 Å². The lowest BCUT2D eigenvalue weighted by atomic mass is 9.69. The van der Waals surface area contributed by atoms with Crippen molar-refractivity contribution in [3.8, 4) is 67.4 Å². The Morgan fingerprint density at radius 1 is 0.389 bits per heavy atom. The lowest BCUT2D eigenvalue weighted by Crippen LogP contribution is -2.27. The Balaban J connectivity index is 0.759. The predicted molar refractivity (Wildman–Crippen MR) is 399 cm³/mol. The van der Waals surface area contributed by atoms with Gasteiger partial charge in [-0.25, -0.2) is 0 Å². The summed E-state index contributed by atoms with van der Waals surface area (Å²) in [5.41, 5.74) is 22.3. The molecule has 1 aliphatic carbocycles. The van der Waals surface area contributed by atoms with E-state index >= 15 is 0 Å². The van der Waals surface area contributed by atoms with Crippen LogP contribution in [0.1, 0.15) is 86.1 Å². The summed E-state index contributed by atoms with van der Waals surface area (Å²) in [5.74, 6) is 3.10. The van der Waals surface area contributed by atoms with Gasteiger partial charge in [-0.1, -0.05) is 227 Å². The van der Waals surface area contributed by atoms with E-state index in [-0.39, 0.29) is 5.41 Å². The number of anilines is 3. The first-order valence-corrected chi connectivity index (χ1v) is 33.8. The molecule has 0 bridgehead atoms. The van der Waals surface area contributed by atoms with Crippen LogP contribution < -0.4 is 19.1 Å². The van der Waals surface area contributed by atoms with Crippen molar-refractivity contribution in [2.24, 2.45) is 5.92 Å². The number of fused-ring (bicyclic) bond motifs is 6. The molecule has 0 amide bonds. The van der Waals surface area contributed by atoms with E-state index in [9.17, 15) is 0 Å². The SMILES string of the molecule is C=Cc1ccc(OCCCCCCOc2ccc(-n3c4ccc(-c5ccccc5)cc4c4cc(-c5ccc(N(c6ccc(-c7ccccc7)cc6)c6ccc7c(c6)C(CCCCC(C)COc6ccc(C=C)cc6)(c6ccccc6)c6ccccc6-7)cc5)ccc43)cc2)cc1. The van der Waals surface area contributed by atoms with Crippen LogP contribution in [0.3, 0.4) is 0 Å². The Morgan fingerprint density at radius 2 is 0.842 bits per heavy atom. The van der Waals surface area contributed by atoms with Gasteiger partial charge in [-0.15, -0.1) is 0 Å². The molecule has 14 rings (SSSR count). The highest BCUT2D eigenvalue weighted by atomic mass is 16.5. The maximum absolute atomic E-state index is 6.32. The van der Waals surface area contributed by atoms with Gasteiger partial charge in [0.05, 0.1) is 30.9 Å². The van der Waals surface area contributed by atoms with Crippen LogP contribution in [0.4, 0.5) is 17.1 Å². The molecule has 5 nitrogen and oxygen atoms in total. The van der Waals surface area contributed by atoms with Gasteiger partial charge in [0, 0.05) is 38.9 Å². The molecule has 0 aliphatic heterocycles. The molecule has 1 aromatic heterocycles. The molecule has 0 saturated carbocycles. The second kappa shape index (κ2) is 28.5. The van der Waals surface area contributed by atoms with Gasteiger partial charge in [-0.3, -0.25) is 0 Å². The van der Waals surface area contributed by atoms with Gasteiger partial charge >= 0.3 is 0 Å². The van der Waals surface area contributed by atoms with Crippen molar-refractivity contribution in [1.29, 1.82) is 0 Å². The van der Waals surface area contributed by atoms with Crippen LogP contribution in [0.15, 0.2) is 304 Å². The maximum atomic E-state index is 6.32. The number of ether oxygens (including phenoxy) is 3. The van der Waals surface area contributed by atoms with Gasteiger partial charge in [0.25, 0.3) is 0 Å². The molecule has 12 aromatic carbocycles. The van der Waals surface area contributed by atoms with Gasteiger partial charge in [-0.05, 0) is 226 Å². The van der Waals surface area contributed by atoms with Crippen LogP contribution in [-0.4, -0.2) is 24.4 Å². The topological polar surface area (TPSA) is 35.9 Å². The summed E-state index contributed by atoms with van der Waals surface area (Å²) in [6, 6.07) is 106. The number of benzene rings is 12. The standard InChI is InChI=1S/C90H80N2O3/c1-4-66-32-49-79(50-33-66)93-59-21-6-7-22-60-94-80-53-46-77(47-54-80)92-88-56-40-72(69-26-13-9-14-27-69)61-84(88)85-62-73(41-57-89(85)92)71-38-44-76(45-39-71)91(75-42-36-70(37-43-75)68-24-11-8-12-25-68)78-48-55-83-82-30-17-18-31-86(82)90(87(83)63-78,74-28-15-10-16-29-74)58-20-19-23-65(3)64-95-81-51-34-67(5-2)35-52-81/h4-5,8-18,24-57,61-63,65H,1-2,6-7,19-23,58-60,64H2,3H3. The zero-order valence-electron chi connectivity index (χ0n) is 54.3. The van der Waals surface area contributed by atoms with Crippen LogP contribution in [0.2, 0.25) is 0 Å². The Kier molecular flexibility index (Phi) is 18.5. The fraction of sp³-hybridized carbons (Fsp3) is 0.156. The molecule has 0 radical (unpaired) electrons. The minimum atomic E-state index is -0.359. The van der Waals surface area contributed by atoms with Crippen molar-refractivity contribution >= 4 is 51.0 Å². The van der Waals surface area contributed by atoms with Crippen LogP contribution in [-0.2, 0) is 5.41 Å². The summed E-state index contributed by atoms with van der Waals surface area (Å²) in [6.45, 7) is 12.1. The van der Waals surface area contributed by atoms with Crippen molar-refractivity contribution in [1.82, 2.24) is 4.57 Å². The number of aromatic nitrogens is 1. The molecular weight excluding hydrogens is 1160 g/mol. The first-order valence-electron chi connectivity index (χ1n) is 33.8. The molecule has 0 N–H and O–H groups in total. The average Bonchev–Trinajstić information content (AvgIpc) is 1.56. The van der Waals surface area contributed by atoms with E-state index < -0.39 is 0 Å². The Morgan fingerprint density at radius 3 is 1.40 bits per heavy atom. The molecule has 1 heterocycles. The number of nitrogens with zero attached hydrogens (tertiary/aromatic N) is 2. The van der Waals surface area contributed by atoms with E-state index in [0.29, 0.717) is 25.7 Å². The highest BCUT2D eigenvalue weighted by Crippen LogP contribution is 2.57. The normalized spacial score (nSPS) is 13.4. The Labute approximate surface area is 560 Å². The van der Waals surface area contributed by atoms with E-state index in [2.05, 4.69) is 284 Å². The predicted octanol–water partition coefficient (Wildman–Crippen LogP) is 24.1. The fourth-order valence-corrected chi connectivity index (χ4v) is 14.2. The molecule has 2 unspecified atom stereocenters. The van der Waals surface area contributed by atoms with E-state index in [4.69, 9.17) is 14.2 Å². The van der Waals surface area contributed by atoms with Crippen LogP contribution in [0, 0.1) is 5.92 Å². The average molecular weight is 1240 g/mol. The zero-order chi connectivity index (χ0) is 64.3. The summed E-state index contributed by atoms with van der Waals surface area (Å²) < 4.78 is 21.0. The summed E-state index contributed by atoms with van der Waals surface area (Å²) in [6.07, 6.45) is 12.1. The van der Waals surface area contributed by atoms with Crippen molar-refractivity contribution < 1.29 is 14.2 Å². The van der Waals surface area contributed by atoms with Gasteiger partial charge in [-0.2, -0.15) is 0 Å². The largest absolute Gasteiger partial charge is 0.494 e. The molecule has 468 valence electrons. The molecule has 0 fully saturated rings. The van der Waals surface area contributed by atoms with Crippen molar-refractivity contribution in [3.05, 3.63) is 332 Å². The van der Waals surface area contributed by atoms with Gasteiger partial charge < -0.3 is 23.7 Å². The van der Waals surface area contributed by atoms with E-state index in [1.807, 2.05) is 48.6 Å². The minimum absolute atomic E-state index is 0.359. The van der Waals surface area contributed by atoms with Gasteiger partial charge in [0.1, 0.15) is 17.2 Å². The molecule has 0 spiro atoms. The highest BCUT2D eigenvalue weighted by Gasteiger charge is 2.44. The first-order chi connectivity index (χ1) is 46.9. The first kappa shape index (κ1) is 61.6. The number of hydrogen-bond acceptors (Lipinski definition) is 4. The quantitative estimate of drug-likeness (QED) is 0.0481. The molecule has 95 heavy (non-hydrogen) atoms. The monoisotopic (exact) mass is 1240 g/mol. The number of hydrogen-bond donors (Lipinski definition) is 0. The Bertz CT molecular complexity index is 4730. The second-order valence-electron chi connectivity index (χ2n) is 25.3. The Hall–Kier alpha value is -10.9. The minimum Gasteiger partial charge on any atom is -0.494 e. The smallest absolute Gasteiger partial charge is 0.119 e. The third-order valence-electron chi connectivity index (χ3n) is 19.2. The van der Waals surface area contributed by atoms with Crippen molar-refractivity contribution in [2.75, 3.05) is 24.7 Å². The van der Waals surface area contributed by atoms with E-state index in [0.717, 1.165) is 125 Å². The zero-order valence-corrected chi connectivity index (χ0v) is 54.3. The van der Waals surface area contributed by atoms with E-state index in [1.54, 1.807) is 0 Å². The maximum Gasteiger partial charge on any atom is 0.119 e. The third kappa shape index (κ3) is 13.3. The van der Waals surface area contributed by atoms with Crippen molar-refractivity contribution in [3.63, 3.8) is 0 Å². The lowest BCUT2D eigenvalue weighted by Gasteiger charge is -2.34. The van der Waals surface area contributed by atoms with Crippen LogP contribution in [0.5, 0.6) is 17.2 Å². The molecular formula is C90H80N2O3. The molecule has 2 atom stereocenters. The molecule has 5 heteroatoms. The van der Waals surface area contributed by atoms with Crippen LogP contribution in [0.25, 0.3) is 84.2 Å². The summed E-state index contributed by atoms with van der Waals surface area (Å²) in [7, 11) is 0. The summed E-state index contributed by atoms with van der Waals surface area (Å²) >= 11 is 0. The summed E-state index contributed by atoms with van der Waals surface area (Å²) in [4.78, 5) is 2.45. The second-order valence-corrected chi connectivity index (χ2v) is 25.3. The third-order valence-corrected chi connectivity index (χ3v) is 19.2. The molecule has 1 aliphatic rings. The van der Waals surface area contributed by atoms with Crippen molar-refractivity contribution in [2.45, 2.75) is 63.7 Å². The lowest BCUT2D eigenvalue weighted by molar-refractivity contribution is 0.248. The van der Waals surface area contributed by atoms with Crippen LogP contribution >= 0.6 is 0 Å². The van der Waals surface area contributed by atoms with Gasteiger partial charge in [0.15, 0.2) is 0 Å². The molecule has 13 aromatic rings. The van der Waals surface area contributed by atoms with E-state index in [1.165, 1.54) is 60.8 Å². The molecule has 0 saturated heterocycles. The summed E-state index contributed by atoms with van der Waals surface area (Å²) in [5, 5.41) is 2.41.